The van der Waals surface area contributed by atoms with Crippen molar-refractivity contribution in [2.45, 2.75) is 90.4 Å². The molecule has 0 unspecified atom stereocenters. The second-order valence-corrected chi connectivity index (χ2v) is 8.22. The summed E-state index contributed by atoms with van der Waals surface area (Å²) in [7, 11) is 2.20. The van der Waals surface area contributed by atoms with Crippen molar-refractivity contribution >= 4 is 5.97 Å². The van der Waals surface area contributed by atoms with Crippen molar-refractivity contribution in [1.82, 2.24) is 4.90 Å². The SMILES string of the molecule is CCCCCCCCCCCCN(C)CCCOc1ccc(CCC(=O)O)cc1. The largest absolute Gasteiger partial charge is 0.494 e. The van der Waals surface area contributed by atoms with E-state index < -0.39 is 5.97 Å². The smallest absolute Gasteiger partial charge is 0.303 e. The Kier molecular flexibility index (Phi) is 15.2. The van der Waals surface area contributed by atoms with Gasteiger partial charge in [-0.2, -0.15) is 0 Å². The summed E-state index contributed by atoms with van der Waals surface area (Å²) in [6.07, 6.45) is 15.6. The van der Waals surface area contributed by atoms with E-state index >= 15 is 0 Å². The summed E-state index contributed by atoms with van der Waals surface area (Å²) >= 11 is 0. The molecule has 1 aromatic rings. The fraction of sp³-hybridized carbons (Fsp3) is 0.720. The molecule has 4 heteroatoms. The Hall–Kier alpha value is -1.55. The minimum atomic E-state index is -0.757. The zero-order valence-electron chi connectivity index (χ0n) is 18.8. The number of benzene rings is 1. The summed E-state index contributed by atoms with van der Waals surface area (Å²) in [6.45, 7) is 5.23. The monoisotopic (exact) mass is 405 g/mol. The average molecular weight is 406 g/mol. The van der Waals surface area contributed by atoms with Gasteiger partial charge in [-0.05, 0) is 50.6 Å². The first-order valence-electron chi connectivity index (χ1n) is 11.7. The van der Waals surface area contributed by atoms with E-state index in [9.17, 15) is 4.79 Å². The summed E-state index contributed by atoms with van der Waals surface area (Å²) < 4.78 is 5.80. The zero-order chi connectivity index (χ0) is 21.2. The molecule has 166 valence electrons. The van der Waals surface area contributed by atoms with Crippen molar-refractivity contribution in [3.8, 4) is 5.75 Å². The number of carboxylic acids is 1. The van der Waals surface area contributed by atoms with Crippen LogP contribution in [0.15, 0.2) is 24.3 Å². The van der Waals surface area contributed by atoms with Crippen molar-refractivity contribution in [3.63, 3.8) is 0 Å². The van der Waals surface area contributed by atoms with E-state index in [1.54, 1.807) is 0 Å². The minimum Gasteiger partial charge on any atom is -0.494 e. The molecule has 0 bridgehead atoms. The highest BCUT2D eigenvalue weighted by molar-refractivity contribution is 5.67. The number of carboxylic acid groups (broad SMARTS) is 1. The molecule has 1 N–H and O–H groups in total. The van der Waals surface area contributed by atoms with Gasteiger partial charge in [-0.3, -0.25) is 4.79 Å². The van der Waals surface area contributed by atoms with Gasteiger partial charge in [-0.25, -0.2) is 0 Å². The fourth-order valence-electron chi connectivity index (χ4n) is 3.51. The Labute approximate surface area is 178 Å². The van der Waals surface area contributed by atoms with E-state index in [4.69, 9.17) is 9.84 Å². The molecule has 0 aliphatic carbocycles. The highest BCUT2D eigenvalue weighted by Crippen LogP contribution is 2.14. The number of carbonyl (C=O) groups is 1. The van der Waals surface area contributed by atoms with E-state index in [1.807, 2.05) is 24.3 Å². The molecule has 0 heterocycles. The lowest BCUT2D eigenvalue weighted by molar-refractivity contribution is -0.136. The minimum absolute atomic E-state index is 0.172. The molecular weight excluding hydrogens is 362 g/mol. The van der Waals surface area contributed by atoms with Crippen LogP contribution in [0.4, 0.5) is 0 Å². The summed E-state index contributed by atoms with van der Waals surface area (Å²) in [4.78, 5) is 13.0. The van der Waals surface area contributed by atoms with Gasteiger partial charge >= 0.3 is 5.97 Å². The number of nitrogens with zero attached hydrogens (tertiary/aromatic N) is 1. The molecule has 0 aromatic heterocycles. The number of rotatable bonds is 19. The predicted octanol–water partition coefficient (Wildman–Crippen LogP) is 6.33. The van der Waals surface area contributed by atoms with E-state index in [2.05, 4.69) is 18.9 Å². The lowest BCUT2D eigenvalue weighted by Gasteiger charge is -2.16. The Morgan fingerprint density at radius 1 is 0.862 bits per heavy atom. The molecule has 0 atom stereocenters. The molecule has 0 fully saturated rings. The van der Waals surface area contributed by atoms with E-state index in [0.717, 1.165) is 30.9 Å². The molecule has 1 rings (SSSR count). The summed E-state index contributed by atoms with van der Waals surface area (Å²) in [6, 6.07) is 7.78. The van der Waals surface area contributed by atoms with Crippen LogP contribution in [-0.2, 0) is 11.2 Å². The number of aliphatic carboxylic acids is 1. The third-order valence-corrected chi connectivity index (χ3v) is 5.40. The summed E-state index contributed by atoms with van der Waals surface area (Å²) in [5.74, 6) is 0.105. The Bertz CT molecular complexity index is 515. The van der Waals surface area contributed by atoms with E-state index in [0.29, 0.717) is 6.42 Å². The van der Waals surface area contributed by atoms with Crippen LogP contribution in [0.25, 0.3) is 0 Å². The molecule has 0 amide bonds. The van der Waals surface area contributed by atoms with Gasteiger partial charge in [0, 0.05) is 13.0 Å². The first kappa shape index (κ1) is 25.5. The van der Waals surface area contributed by atoms with Crippen LogP contribution in [0, 0.1) is 0 Å². The first-order chi connectivity index (χ1) is 14.1. The maximum absolute atomic E-state index is 10.6. The number of ether oxygens (including phenoxy) is 1. The Balaban J connectivity index is 1.94. The van der Waals surface area contributed by atoms with Crippen LogP contribution in [-0.4, -0.2) is 42.7 Å². The van der Waals surface area contributed by atoms with E-state index in [-0.39, 0.29) is 6.42 Å². The molecule has 0 aliphatic heterocycles. The number of unbranched alkanes of at least 4 members (excludes halogenated alkanes) is 9. The molecule has 29 heavy (non-hydrogen) atoms. The maximum Gasteiger partial charge on any atom is 0.303 e. The van der Waals surface area contributed by atoms with Crippen molar-refractivity contribution in [2.75, 3.05) is 26.7 Å². The lowest BCUT2D eigenvalue weighted by Crippen LogP contribution is -2.22. The van der Waals surface area contributed by atoms with Crippen LogP contribution < -0.4 is 4.74 Å². The molecule has 1 aromatic carbocycles. The number of hydrogen-bond acceptors (Lipinski definition) is 3. The predicted molar refractivity (Wildman–Crippen MR) is 122 cm³/mol. The molecule has 0 spiro atoms. The maximum atomic E-state index is 10.6. The average Bonchev–Trinajstić information content (AvgIpc) is 2.72. The van der Waals surface area contributed by atoms with Crippen molar-refractivity contribution in [2.24, 2.45) is 0 Å². The number of hydrogen-bond donors (Lipinski definition) is 1. The number of aryl methyl sites for hydroxylation is 1. The van der Waals surface area contributed by atoms with Crippen molar-refractivity contribution in [3.05, 3.63) is 29.8 Å². The quantitative estimate of drug-likeness (QED) is 0.273. The van der Waals surface area contributed by atoms with Crippen LogP contribution in [0.1, 0.15) is 89.5 Å². The molecule has 0 saturated carbocycles. The van der Waals surface area contributed by atoms with Gasteiger partial charge in [0.25, 0.3) is 0 Å². The second-order valence-electron chi connectivity index (χ2n) is 8.22. The first-order valence-corrected chi connectivity index (χ1v) is 11.7. The van der Waals surface area contributed by atoms with Crippen LogP contribution in [0.3, 0.4) is 0 Å². The summed E-state index contributed by atoms with van der Waals surface area (Å²) in [5, 5.41) is 8.72. The van der Waals surface area contributed by atoms with Crippen LogP contribution in [0.5, 0.6) is 5.75 Å². The lowest BCUT2D eigenvalue weighted by atomic mass is 10.1. The molecule has 0 saturated heterocycles. The normalized spacial score (nSPS) is 11.1. The van der Waals surface area contributed by atoms with Crippen molar-refractivity contribution in [1.29, 1.82) is 0 Å². The van der Waals surface area contributed by atoms with Gasteiger partial charge < -0.3 is 14.7 Å². The van der Waals surface area contributed by atoms with Gasteiger partial charge in [0.05, 0.1) is 6.61 Å². The van der Waals surface area contributed by atoms with Gasteiger partial charge in [0.1, 0.15) is 5.75 Å². The zero-order valence-corrected chi connectivity index (χ0v) is 18.8. The molecular formula is C25H43NO3. The van der Waals surface area contributed by atoms with Crippen LogP contribution in [0.2, 0.25) is 0 Å². The van der Waals surface area contributed by atoms with Gasteiger partial charge in [0.15, 0.2) is 0 Å². The standard InChI is InChI=1S/C25H43NO3/c1-3-4-5-6-7-8-9-10-11-12-20-26(2)21-13-22-29-24-17-14-23(15-18-24)16-19-25(27)28/h14-15,17-18H,3-13,16,19-22H2,1-2H3,(H,27,28). The van der Waals surface area contributed by atoms with Gasteiger partial charge in [-0.15, -0.1) is 0 Å². The fourth-order valence-corrected chi connectivity index (χ4v) is 3.51. The van der Waals surface area contributed by atoms with E-state index in [1.165, 1.54) is 70.8 Å². The highest BCUT2D eigenvalue weighted by atomic mass is 16.5. The molecule has 4 nitrogen and oxygen atoms in total. The third-order valence-electron chi connectivity index (χ3n) is 5.40. The Morgan fingerprint density at radius 2 is 1.41 bits per heavy atom. The second kappa shape index (κ2) is 17.3. The van der Waals surface area contributed by atoms with Gasteiger partial charge in [0.2, 0.25) is 0 Å². The Morgan fingerprint density at radius 3 is 2.00 bits per heavy atom. The van der Waals surface area contributed by atoms with Crippen LogP contribution >= 0.6 is 0 Å². The third kappa shape index (κ3) is 15.0. The molecule has 0 aliphatic rings. The van der Waals surface area contributed by atoms with Crippen molar-refractivity contribution < 1.29 is 14.6 Å². The highest BCUT2D eigenvalue weighted by Gasteiger charge is 2.02. The topological polar surface area (TPSA) is 49.8 Å². The molecule has 0 radical (unpaired) electrons. The van der Waals surface area contributed by atoms with Gasteiger partial charge in [-0.1, -0.05) is 76.8 Å². The summed E-state index contributed by atoms with van der Waals surface area (Å²) in [5.41, 5.74) is 1.04.